The first-order valence-corrected chi connectivity index (χ1v) is 9.85. The van der Waals surface area contributed by atoms with Gasteiger partial charge in [0.05, 0.1) is 5.39 Å². The van der Waals surface area contributed by atoms with E-state index < -0.39 is 15.7 Å². The number of anilines is 1. The smallest absolute Gasteiger partial charge is 0.344 e. The summed E-state index contributed by atoms with van der Waals surface area (Å²) < 4.78 is 35.1. The summed E-state index contributed by atoms with van der Waals surface area (Å²) in [6.45, 7) is 0. The number of nitrogen functional groups attached to an aromatic ring is 1. The van der Waals surface area contributed by atoms with Crippen LogP contribution in [0.4, 0.5) is 5.69 Å². The molecule has 4 aromatic rings. The molecule has 7 nitrogen and oxygen atoms in total. The molecule has 0 unspecified atom stereocenters. The van der Waals surface area contributed by atoms with Gasteiger partial charge in [-0.25, -0.2) is 4.79 Å². The maximum Gasteiger partial charge on any atom is 0.344 e. The van der Waals surface area contributed by atoms with E-state index in [0.717, 1.165) is 0 Å². The summed E-state index contributed by atoms with van der Waals surface area (Å²) in [7, 11) is -3.92. The van der Waals surface area contributed by atoms with E-state index in [-0.39, 0.29) is 28.2 Å². The topological polar surface area (TPSA) is 120 Å². The van der Waals surface area contributed by atoms with Crippen molar-refractivity contribution in [1.29, 1.82) is 0 Å². The van der Waals surface area contributed by atoms with Crippen molar-refractivity contribution in [3.8, 4) is 11.5 Å². The molecule has 0 spiro atoms. The van der Waals surface area contributed by atoms with Crippen LogP contribution in [0.2, 0.25) is 0 Å². The first kappa shape index (κ1) is 17.9. The second kappa shape index (κ2) is 6.58. The van der Waals surface area contributed by atoms with Gasteiger partial charge in [-0.1, -0.05) is 12.1 Å². The summed E-state index contributed by atoms with van der Waals surface area (Å²) in [4.78, 5) is 12.2. The lowest BCUT2D eigenvalue weighted by Gasteiger charge is -2.09. The molecule has 0 aliphatic carbocycles. The van der Waals surface area contributed by atoms with Gasteiger partial charge in [-0.3, -0.25) is 0 Å². The molecule has 0 aliphatic rings. The molecule has 4 rings (SSSR count). The lowest BCUT2D eigenvalue weighted by atomic mass is 10.1. The van der Waals surface area contributed by atoms with Crippen LogP contribution in [0.25, 0.3) is 21.7 Å². The van der Waals surface area contributed by atoms with Gasteiger partial charge in [0.25, 0.3) is 0 Å². The minimum absolute atomic E-state index is 0.0317. The number of hydrogen-bond acceptors (Lipinski definition) is 7. The van der Waals surface area contributed by atoms with Gasteiger partial charge in [0.1, 0.15) is 22.8 Å². The van der Waals surface area contributed by atoms with Crippen LogP contribution < -0.4 is 15.5 Å². The lowest BCUT2D eigenvalue weighted by Crippen LogP contribution is -2.12. The molecular formula is C20H15NO6S. The van der Waals surface area contributed by atoms with Crippen molar-refractivity contribution in [2.24, 2.45) is 0 Å². The number of benzene rings is 3. The fraction of sp³-hybridized carbons (Fsp3) is 0.0500. The van der Waals surface area contributed by atoms with Crippen molar-refractivity contribution in [2.75, 3.05) is 5.73 Å². The molecule has 0 radical (unpaired) electrons. The summed E-state index contributed by atoms with van der Waals surface area (Å²) in [5.41, 5.74) is 6.21. The van der Waals surface area contributed by atoms with E-state index in [1.807, 2.05) is 0 Å². The molecule has 0 amide bonds. The van der Waals surface area contributed by atoms with E-state index in [2.05, 4.69) is 0 Å². The third kappa shape index (κ3) is 3.49. The number of hydrogen-bond donors (Lipinski definition) is 2. The Morgan fingerprint density at radius 3 is 2.39 bits per heavy atom. The summed E-state index contributed by atoms with van der Waals surface area (Å²) in [5.74, 6) is -0.344. The first-order valence-electron chi connectivity index (χ1n) is 8.27. The maximum atomic E-state index is 12.3. The summed E-state index contributed by atoms with van der Waals surface area (Å²) >= 11 is 0. The quantitative estimate of drug-likeness (QED) is 0.235. The van der Waals surface area contributed by atoms with E-state index in [1.54, 1.807) is 36.4 Å². The normalized spacial score (nSPS) is 11.7. The fourth-order valence-corrected chi connectivity index (χ4v) is 4.00. The molecule has 3 aromatic carbocycles. The van der Waals surface area contributed by atoms with Gasteiger partial charge in [-0.05, 0) is 48.0 Å². The van der Waals surface area contributed by atoms with Crippen molar-refractivity contribution in [3.63, 3.8) is 0 Å². The molecule has 1 heterocycles. The molecule has 142 valence electrons. The molecule has 0 saturated carbocycles. The minimum atomic E-state index is -3.92. The van der Waals surface area contributed by atoms with Crippen LogP contribution in [-0.4, -0.2) is 13.5 Å². The highest BCUT2D eigenvalue weighted by atomic mass is 32.2. The van der Waals surface area contributed by atoms with Gasteiger partial charge >= 0.3 is 15.7 Å². The van der Waals surface area contributed by atoms with Gasteiger partial charge in [0.15, 0.2) is 0 Å². The molecule has 28 heavy (non-hydrogen) atoms. The SMILES string of the molecule is Nc1ccc(CS(=O)(=O)Oc2ccc3c(c2)oc(=O)c2cc(O)ccc23)cc1. The first-order chi connectivity index (χ1) is 13.3. The Hall–Kier alpha value is -3.52. The predicted molar refractivity (Wildman–Crippen MR) is 106 cm³/mol. The van der Waals surface area contributed by atoms with Crippen molar-refractivity contribution >= 4 is 37.5 Å². The summed E-state index contributed by atoms with van der Waals surface area (Å²) in [6, 6.07) is 15.3. The molecule has 0 bridgehead atoms. The zero-order valence-corrected chi connectivity index (χ0v) is 15.3. The van der Waals surface area contributed by atoms with Gasteiger partial charge in [-0.2, -0.15) is 8.42 Å². The number of phenolic OH excluding ortho intramolecular Hbond substituents is 1. The fourth-order valence-electron chi connectivity index (χ4n) is 2.95. The van der Waals surface area contributed by atoms with Crippen LogP contribution in [0.15, 0.2) is 69.9 Å². The van der Waals surface area contributed by atoms with Crippen molar-refractivity contribution in [3.05, 3.63) is 76.6 Å². The van der Waals surface area contributed by atoms with Crippen LogP contribution in [0.1, 0.15) is 5.56 Å². The molecular weight excluding hydrogens is 382 g/mol. The second-order valence-corrected chi connectivity index (χ2v) is 7.87. The van der Waals surface area contributed by atoms with Crippen LogP contribution in [0.3, 0.4) is 0 Å². The molecule has 8 heteroatoms. The van der Waals surface area contributed by atoms with Crippen LogP contribution in [-0.2, 0) is 15.9 Å². The molecule has 1 aromatic heterocycles. The predicted octanol–water partition coefficient (Wildman–Crippen LogP) is 3.14. The van der Waals surface area contributed by atoms with E-state index in [9.17, 15) is 18.3 Å². The Morgan fingerprint density at radius 2 is 1.64 bits per heavy atom. The van der Waals surface area contributed by atoms with Crippen LogP contribution >= 0.6 is 0 Å². The molecule has 0 saturated heterocycles. The molecule has 0 aliphatic heterocycles. The number of fused-ring (bicyclic) bond motifs is 3. The highest BCUT2D eigenvalue weighted by Crippen LogP contribution is 2.29. The second-order valence-electron chi connectivity index (χ2n) is 6.30. The zero-order chi connectivity index (χ0) is 19.9. The van der Waals surface area contributed by atoms with E-state index in [4.69, 9.17) is 14.3 Å². The highest BCUT2D eigenvalue weighted by molar-refractivity contribution is 7.86. The van der Waals surface area contributed by atoms with Crippen molar-refractivity contribution in [1.82, 2.24) is 0 Å². The number of nitrogens with two attached hydrogens (primary N) is 1. The Bertz CT molecular complexity index is 1360. The highest BCUT2D eigenvalue weighted by Gasteiger charge is 2.16. The largest absolute Gasteiger partial charge is 0.508 e. The van der Waals surface area contributed by atoms with Crippen molar-refractivity contribution in [2.45, 2.75) is 5.75 Å². The van der Waals surface area contributed by atoms with Gasteiger partial charge in [-0.15, -0.1) is 0 Å². The standard InChI is InChI=1S/C20H15NO6S/c21-13-3-1-12(2-4-13)11-28(24,25)27-15-6-8-17-16-7-5-14(22)9-18(16)20(23)26-19(17)10-15/h1-10,22H,11,21H2. The van der Waals surface area contributed by atoms with E-state index in [1.165, 1.54) is 24.3 Å². The summed E-state index contributed by atoms with van der Waals surface area (Å²) in [5, 5.41) is 11.0. The Balaban J connectivity index is 1.69. The molecule has 0 atom stereocenters. The number of rotatable bonds is 4. The Morgan fingerprint density at radius 1 is 0.929 bits per heavy atom. The number of phenols is 1. The van der Waals surface area contributed by atoms with E-state index in [0.29, 0.717) is 22.0 Å². The lowest BCUT2D eigenvalue weighted by molar-refractivity contribution is 0.475. The Kier molecular flexibility index (Phi) is 4.20. The molecule has 0 fully saturated rings. The van der Waals surface area contributed by atoms with E-state index >= 15 is 0 Å². The molecule has 3 N–H and O–H groups in total. The van der Waals surface area contributed by atoms with Gasteiger partial charge < -0.3 is 19.4 Å². The maximum absolute atomic E-state index is 12.3. The van der Waals surface area contributed by atoms with Gasteiger partial charge in [0.2, 0.25) is 0 Å². The average molecular weight is 397 g/mol. The number of aromatic hydroxyl groups is 1. The monoisotopic (exact) mass is 397 g/mol. The average Bonchev–Trinajstić information content (AvgIpc) is 2.63. The summed E-state index contributed by atoms with van der Waals surface area (Å²) in [6.07, 6.45) is 0. The third-order valence-corrected chi connectivity index (χ3v) is 5.35. The van der Waals surface area contributed by atoms with Crippen LogP contribution in [0, 0.1) is 0 Å². The minimum Gasteiger partial charge on any atom is -0.508 e. The van der Waals surface area contributed by atoms with Gasteiger partial charge in [0, 0.05) is 22.5 Å². The zero-order valence-electron chi connectivity index (χ0n) is 14.5. The Labute approximate surface area is 159 Å². The third-order valence-electron chi connectivity index (χ3n) is 4.22. The van der Waals surface area contributed by atoms with Crippen molar-refractivity contribution < 1.29 is 22.1 Å². The van der Waals surface area contributed by atoms with Crippen LogP contribution in [0.5, 0.6) is 11.5 Å².